The number of hydrogen-bond donors (Lipinski definition) is 0. The molecule has 1 atom stereocenters. The first-order chi connectivity index (χ1) is 10.4. The molecular weight excluding hydrogens is 417 g/mol. The fourth-order valence-electron chi connectivity index (χ4n) is 2.21. The smallest absolute Gasteiger partial charge is 0.376 e. The minimum atomic E-state index is -0.541. The third-order valence-corrected chi connectivity index (χ3v) is 4.52. The van der Waals surface area contributed by atoms with Gasteiger partial charge in [0.15, 0.2) is 5.65 Å². The van der Waals surface area contributed by atoms with Gasteiger partial charge in [-0.3, -0.25) is 0 Å². The normalized spacial score (nSPS) is 12.9. The molecule has 7 nitrogen and oxygen atoms in total. The molecule has 0 aliphatic heterocycles. The molecule has 0 bridgehead atoms. The minimum Gasteiger partial charge on any atom is -0.463 e. The highest BCUT2D eigenvalue weighted by atomic mass is 127. The van der Waals surface area contributed by atoms with E-state index in [-0.39, 0.29) is 11.9 Å². The van der Waals surface area contributed by atoms with Crippen LogP contribution in [0.25, 0.3) is 11.0 Å². The van der Waals surface area contributed by atoms with Crippen LogP contribution in [0.5, 0.6) is 0 Å². The molecule has 22 heavy (non-hydrogen) atoms. The van der Waals surface area contributed by atoms with Crippen LogP contribution >= 0.6 is 34.4 Å². The summed E-state index contributed by atoms with van der Waals surface area (Å²) in [6, 6.07) is 0.121. The molecule has 0 fully saturated rings. The van der Waals surface area contributed by atoms with Crippen LogP contribution in [0.4, 0.5) is 0 Å². The number of thioether (sulfide) groups is 1. The van der Waals surface area contributed by atoms with Gasteiger partial charge < -0.3 is 9.64 Å². The average Bonchev–Trinajstić information content (AvgIpc) is 2.82. The topological polar surface area (TPSA) is 73.1 Å². The Labute approximate surface area is 146 Å². The van der Waals surface area contributed by atoms with Crippen LogP contribution in [0, 0.1) is 3.70 Å². The van der Waals surface area contributed by atoms with Gasteiger partial charge in [0.05, 0.1) is 18.5 Å². The fraction of sp³-hybridized carbons (Fsp3) is 0.538. The number of fused-ring (bicyclic) bond motifs is 1. The third kappa shape index (κ3) is 3.35. The van der Waals surface area contributed by atoms with Crippen molar-refractivity contribution in [3.8, 4) is 0 Å². The highest BCUT2D eigenvalue weighted by Crippen LogP contribution is 2.29. The number of nitrogens with zero attached hydrogens (tertiary/aromatic N) is 5. The number of rotatable bonds is 5. The Morgan fingerprint density at radius 2 is 2.14 bits per heavy atom. The van der Waals surface area contributed by atoms with Crippen molar-refractivity contribution in [2.75, 3.05) is 34.0 Å². The average molecular weight is 435 g/mol. The van der Waals surface area contributed by atoms with E-state index in [1.54, 1.807) is 0 Å². The molecule has 0 amide bonds. The lowest BCUT2D eigenvalue weighted by atomic mass is 10.3. The number of esters is 1. The standard InChI is InChI=1S/C13H18IN5O2S/c1-7(6-18(2)3)19-11-8(9(14)17-19)12(22-5)16-10(15-11)13(20)21-4/h7H,6H2,1-5H3/t7-/m0/s1. The van der Waals surface area contributed by atoms with E-state index in [0.717, 1.165) is 20.7 Å². The molecule has 0 aliphatic carbocycles. The summed E-state index contributed by atoms with van der Waals surface area (Å²) in [4.78, 5) is 22.6. The summed E-state index contributed by atoms with van der Waals surface area (Å²) in [5.41, 5.74) is 0.665. The van der Waals surface area contributed by atoms with E-state index in [4.69, 9.17) is 4.74 Å². The lowest BCUT2D eigenvalue weighted by Gasteiger charge is -2.17. The van der Waals surface area contributed by atoms with Gasteiger partial charge in [0, 0.05) is 6.54 Å². The van der Waals surface area contributed by atoms with Crippen LogP contribution in [0.3, 0.4) is 0 Å². The second kappa shape index (κ2) is 7.09. The summed E-state index contributed by atoms with van der Waals surface area (Å²) >= 11 is 3.64. The van der Waals surface area contributed by atoms with Crippen molar-refractivity contribution in [3.05, 3.63) is 9.53 Å². The van der Waals surface area contributed by atoms with Crippen molar-refractivity contribution < 1.29 is 9.53 Å². The van der Waals surface area contributed by atoms with E-state index >= 15 is 0 Å². The van der Waals surface area contributed by atoms with Crippen molar-refractivity contribution in [2.45, 2.75) is 18.0 Å². The quantitative estimate of drug-likeness (QED) is 0.308. The molecule has 120 valence electrons. The number of methoxy groups -OCH3 is 1. The van der Waals surface area contributed by atoms with E-state index in [9.17, 15) is 4.79 Å². The highest BCUT2D eigenvalue weighted by molar-refractivity contribution is 14.1. The summed E-state index contributed by atoms with van der Waals surface area (Å²) in [6.07, 6.45) is 1.92. The van der Waals surface area contributed by atoms with Crippen molar-refractivity contribution in [1.29, 1.82) is 0 Å². The molecule has 2 rings (SSSR count). The molecule has 0 aromatic carbocycles. The zero-order chi connectivity index (χ0) is 16.4. The van der Waals surface area contributed by atoms with Gasteiger partial charge >= 0.3 is 5.97 Å². The number of carbonyl (C=O) groups excluding carboxylic acids is 1. The third-order valence-electron chi connectivity index (χ3n) is 3.08. The summed E-state index contributed by atoms with van der Waals surface area (Å²) < 4.78 is 7.43. The molecule has 0 spiro atoms. The maximum atomic E-state index is 11.8. The van der Waals surface area contributed by atoms with Crippen molar-refractivity contribution in [2.24, 2.45) is 0 Å². The lowest BCUT2D eigenvalue weighted by molar-refractivity contribution is 0.0586. The number of halogens is 1. The van der Waals surface area contributed by atoms with Crippen molar-refractivity contribution in [3.63, 3.8) is 0 Å². The Bertz CT molecular complexity index is 703. The summed E-state index contributed by atoms with van der Waals surface area (Å²) in [5, 5.41) is 6.20. The van der Waals surface area contributed by atoms with Crippen LogP contribution < -0.4 is 0 Å². The largest absolute Gasteiger partial charge is 0.463 e. The molecule has 2 aromatic heterocycles. The zero-order valence-corrected chi connectivity index (χ0v) is 16.1. The molecular formula is C13H18IN5O2S. The predicted molar refractivity (Wildman–Crippen MR) is 94.4 cm³/mol. The number of hydrogen-bond acceptors (Lipinski definition) is 7. The van der Waals surface area contributed by atoms with Gasteiger partial charge in [0.25, 0.3) is 0 Å². The summed E-state index contributed by atoms with van der Waals surface area (Å²) in [7, 11) is 5.34. The van der Waals surface area contributed by atoms with E-state index in [1.807, 2.05) is 25.0 Å². The first-order valence-corrected chi connectivity index (χ1v) is 8.92. The molecule has 9 heteroatoms. The Morgan fingerprint density at radius 1 is 1.45 bits per heavy atom. The molecule has 0 saturated heterocycles. The molecule has 2 heterocycles. The number of carbonyl (C=O) groups is 1. The molecule has 0 radical (unpaired) electrons. The Morgan fingerprint density at radius 3 is 2.68 bits per heavy atom. The molecule has 0 N–H and O–H groups in total. The number of aromatic nitrogens is 4. The number of ether oxygens (including phenoxy) is 1. The monoisotopic (exact) mass is 435 g/mol. The van der Waals surface area contributed by atoms with E-state index in [1.165, 1.54) is 18.9 Å². The first-order valence-electron chi connectivity index (χ1n) is 6.61. The van der Waals surface area contributed by atoms with E-state index in [2.05, 4.69) is 49.5 Å². The van der Waals surface area contributed by atoms with E-state index in [0.29, 0.717) is 5.65 Å². The second-order valence-corrected chi connectivity index (χ2v) is 6.91. The Balaban J connectivity index is 2.66. The van der Waals surface area contributed by atoms with Gasteiger partial charge in [-0.05, 0) is 49.9 Å². The Hall–Kier alpha value is -0.940. The van der Waals surface area contributed by atoms with Crippen LogP contribution in [0.1, 0.15) is 23.6 Å². The summed E-state index contributed by atoms with van der Waals surface area (Å²) in [6.45, 7) is 2.89. The fourth-order valence-corrected chi connectivity index (χ4v) is 3.69. The minimum absolute atomic E-state index is 0.0638. The van der Waals surface area contributed by atoms with Crippen LogP contribution in [0.15, 0.2) is 5.03 Å². The van der Waals surface area contributed by atoms with Crippen molar-refractivity contribution >= 4 is 51.4 Å². The second-order valence-electron chi connectivity index (χ2n) is 5.09. The number of likely N-dealkylation sites (N-methyl/N-ethyl adjacent to an activating group) is 1. The van der Waals surface area contributed by atoms with Crippen LogP contribution in [0.2, 0.25) is 0 Å². The molecule has 2 aromatic rings. The van der Waals surface area contributed by atoms with Crippen molar-refractivity contribution in [1.82, 2.24) is 24.6 Å². The van der Waals surface area contributed by atoms with Crippen LogP contribution in [-0.2, 0) is 4.74 Å². The van der Waals surface area contributed by atoms with Gasteiger partial charge in [-0.1, -0.05) is 0 Å². The zero-order valence-electron chi connectivity index (χ0n) is 13.1. The van der Waals surface area contributed by atoms with Gasteiger partial charge in [-0.15, -0.1) is 11.8 Å². The van der Waals surface area contributed by atoms with Gasteiger partial charge in [0.1, 0.15) is 8.73 Å². The predicted octanol–water partition coefficient (Wildman–Crippen LogP) is 2.06. The van der Waals surface area contributed by atoms with Gasteiger partial charge in [-0.25, -0.2) is 19.4 Å². The highest BCUT2D eigenvalue weighted by Gasteiger charge is 2.22. The molecule has 0 saturated carbocycles. The Kier molecular flexibility index (Phi) is 5.61. The molecule has 0 aliphatic rings. The first kappa shape index (κ1) is 17.4. The van der Waals surface area contributed by atoms with Crippen LogP contribution in [-0.4, -0.2) is 64.6 Å². The van der Waals surface area contributed by atoms with Gasteiger partial charge in [-0.2, -0.15) is 5.10 Å². The lowest BCUT2D eigenvalue weighted by Crippen LogP contribution is -2.23. The van der Waals surface area contributed by atoms with E-state index < -0.39 is 5.97 Å². The maximum absolute atomic E-state index is 11.8. The summed E-state index contributed by atoms with van der Waals surface area (Å²) in [5.74, 6) is -0.478. The maximum Gasteiger partial charge on any atom is 0.376 e. The SMILES string of the molecule is COC(=O)c1nc(SC)c2c(I)nn([C@@H](C)CN(C)C)c2n1. The van der Waals surface area contributed by atoms with Gasteiger partial charge in [0.2, 0.25) is 5.82 Å². The molecule has 0 unspecified atom stereocenters.